The molecule has 0 aliphatic heterocycles. The van der Waals surface area contributed by atoms with E-state index in [1.807, 2.05) is 0 Å². The van der Waals surface area contributed by atoms with Gasteiger partial charge in [0.15, 0.2) is 0 Å². The second kappa shape index (κ2) is 4.61. The van der Waals surface area contributed by atoms with E-state index in [0.29, 0.717) is 12.3 Å². The number of hydrogen-bond donors (Lipinski definition) is 1. The molecule has 1 saturated carbocycles. The zero-order chi connectivity index (χ0) is 9.84. The van der Waals surface area contributed by atoms with Crippen LogP contribution in [0.3, 0.4) is 0 Å². The first-order valence-corrected chi connectivity index (χ1v) is 5.14. The molecule has 13 heavy (non-hydrogen) atoms. The second-order valence-electron chi connectivity index (χ2n) is 3.72. The lowest BCUT2D eigenvalue weighted by atomic mass is 10.1. The zero-order valence-electron chi connectivity index (χ0n) is 8.49. The topological polar surface area (TPSA) is 40.5 Å². The van der Waals surface area contributed by atoms with Gasteiger partial charge in [0.05, 0.1) is 6.42 Å². The highest BCUT2D eigenvalue weighted by Crippen LogP contribution is 2.36. The van der Waals surface area contributed by atoms with Crippen LogP contribution in [-0.4, -0.2) is 35.1 Å². The van der Waals surface area contributed by atoms with Crippen LogP contribution in [0.25, 0.3) is 0 Å². The van der Waals surface area contributed by atoms with Crippen molar-refractivity contribution in [3.05, 3.63) is 0 Å². The van der Waals surface area contributed by atoms with E-state index in [2.05, 4.69) is 18.7 Å². The molecule has 76 valence electrons. The van der Waals surface area contributed by atoms with Gasteiger partial charge < -0.3 is 10.0 Å². The summed E-state index contributed by atoms with van der Waals surface area (Å²) < 4.78 is 0. The molecule has 1 N–H and O–H groups in total. The molecular formula is C10H19NO2. The summed E-state index contributed by atoms with van der Waals surface area (Å²) in [5.41, 5.74) is 0. The van der Waals surface area contributed by atoms with E-state index >= 15 is 0 Å². The van der Waals surface area contributed by atoms with Crippen molar-refractivity contribution >= 4 is 5.97 Å². The van der Waals surface area contributed by atoms with E-state index in [9.17, 15) is 4.79 Å². The van der Waals surface area contributed by atoms with Crippen LogP contribution in [0.2, 0.25) is 0 Å². The summed E-state index contributed by atoms with van der Waals surface area (Å²) in [6.07, 6.45) is 2.75. The molecule has 0 amide bonds. The van der Waals surface area contributed by atoms with Crippen LogP contribution in [0.4, 0.5) is 0 Å². The Balaban J connectivity index is 2.49. The fourth-order valence-electron chi connectivity index (χ4n) is 1.95. The third kappa shape index (κ3) is 2.99. The Morgan fingerprint density at radius 3 is 2.31 bits per heavy atom. The van der Waals surface area contributed by atoms with Crippen molar-refractivity contribution in [2.24, 2.45) is 5.92 Å². The van der Waals surface area contributed by atoms with Gasteiger partial charge in [0.25, 0.3) is 0 Å². The molecule has 0 heterocycles. The maximum Gasteiger partial charge on any atom is 0.304 e. The third-order valence-corrected chi connectivity index (χ3v) is 2.83. The van der Waals surface area contributed by atoms with Crippen LogP contribution in [0.15, 0.2) is 0 Å². The van der Waals surface area contributed by atoms with Crippen LogP contribution >= 0.6 is 0 Å². The molecule has 0 radical (unpaired) electrons. The van der Waals surface area contributed by atoms with Crippen molar-refractivity contribution in [2.45, 2.75) is 39.2 Å². The van der Waals surface area contributed by atoms with Gasteiger partial charge in [-0.3, -0.25) is 4.79 Å². The van der Waals surface area contributed by atoms with Gasteiger partial charge in [-0.2, -0.15) is 0 Å². The van der Waals surface area contributed by atoms with Crippen molar-refractivity contribution in [1.82, 2.24) is 4.90 Å². The molecule has 0 bridgehead atoms. The molecule has 3 nitrogen and oxygen atoms in total. The predicted molar refractivity (Wildman–Crippen MR) is 51.7 cm³/mol. The van der Waals surface area contributed by atoms with E-state index in [4.69, 9.17) is 5.11 Å². The lowest BCUT2D eigenvalue weighted by Crippen LogP contribution is -2.38. The Hall–Kier alpha value is -0.570. The highest BCUT2D eigenvalue weighted by atomic mass is 16.4. The van der Waals surface area contributed by atoms with E-state index < -0.39 is 5.97 Å². The summed E-state index contributed by atoms with van der Waals surface area (Å²) in [6, 6.07) is 0.285. The first kappa shape index (κ1) is 10.5. The first-order chi connectivity index (χ1) is 6.19. The molecule has 0 aromatic heterocycles. The highest BCUT2D eigenvalue weighted by molar-refractivity contribution is 5.67. The van der Waals surface area contributed by atoms with Gasteiger partial charge in [0.1, 0.15) is 0 Å². The van der Waals surface area contributed by atoms with Crippen LogP contribution in [0, 0.1) is 5.92 Å². The van der Waals surface area contributed by atoms with E-state index in [1.165, 1.54) is 12.8 Å². The van der Waals surface area contributed by atoms with Crippen molar-refractivity contribution < 1.29 is 9.90 Å². The van der Waals surface area contributed by atoms with E-state index in [1.54, 1.807) is 0 Å². The molecule has 1 aliphatic carbocycles. The van der Waals surface area contributed by atoms with Crippen LogP contribution < -0.4 is 0 Å². The molecule has 1 fully saturated rings. The molecule has 1 aliphatic rings. The molecule has 1 atom stereocenters. The molecule has 3 heteroatoms. The number of rotatable bonds is 6. The number of carboxylic acids is 1. The minimum Gasteiger partial charge on any atom is -0.481 e. The summed E-state index contributed by atoms with van der Waals surface area (Å²) in [7, 11) is 0. The van der Waals surface area contributed by atoms with Gasteiger partial charge in [0, 0.05) is 6.04 Å². The van der Waals surface area contributed by atoms with Gasteiger partial charge in [-0.1, -0.05) is 13.8 Å². The molecule has 0 saturated heterocycles. The largest absolute Gasteiger partial charge is 0.481 e. The van der Waals surface area contributed by atoms with Crippen molar-refractivity contribution in [1.29, 1.82) is 0 Å². The van der Waals surface area contributed by atoms with Crippen molar-refractivity contribution in [2.75, 3.05) is 13.1 Å². The molecule has 1 unspecified atom stereocenters. The van der Waals surface area contributed by atoms with Gasteiger partial charge in [0.2, 0.25) is 0 Å². The smallest absolute Gasteiger partial charge is 0.304 e. The SMILES string of the molecule is CCN(CC)C(CC(=O)O)C1CC1. The van der Waals surface area contributed by atoms with Crippen LogP contribution in [-0.2, 0) is 4.79 Å². The fourth-order valence-corrected chi connectivity index (χ4v) is 1.95. The predicted octanol–water partition coefficient (Wildman–Crippen LogP) is 1.58. The van der Waals surface area contributed by atoms with Gasteiger partial charge in [-0.05, 0) is 31.8 Å². The number of carboxylic acid groups (broad SMARTS) is 1. The van der Waals surface area contributed by atoms with Gasteiger partial charge >= 0.3 is 5.97 Å². The maximum atomic E-state index is 10.7. The average Bonchev–Trinajstić information content (AvgIpc) is 2.86. The lowest BCUT2D eigenvalue weighted by Gasteiger charge is -2.28. The van der Waals surface area contributed by atoms with Gasteiger partial charge in [-0.25, -0.2) is 0 Å². The van der Waals surface area contributed by atoms with Crippen molar-refractivity contribution in [3.8, 4) is 0 Å². The number of carbonyl (C=O) groups is 1. The van der Waals surface area contributed by atoms with Crippen LogP contribution in [0.1, 0.15) is 33.1 Å². The van der Waals surface area contributed by atoms with Crippen molar-refractivity contribution in [3.63, 3.8) is 0 Å². The fraction of sp³-hybridized carbons (Fsp3) is 0.900. The molecule has 0 spiro atoms. The lowest BCUT2D eigenvalue weighted by molar-refractivity contribution is -0.138. The van der Waals surface area contributed by atoms with E-state index in [-0.39, 0.29) is 6.04 Å². The standard InChI is InChI=1S/C10H19NO2/c1-3-11(4-2)9(7-10(12)13)8-5-6-8/h8-9H,3-7H2,1-2H3,(H,12,13). The Kier molecular flexibility index (Phi) is 3.72. The number of hydrogen-bond acceptors (Lipinski definition) is 2. The molecule has 1 rings (SSSR count). The minimum atomic E-state index is -0.663. The second-order valence-corrected chi connectivity index (χ2v) is 3.72. The Morgan fingerprint density at radius 1 is 1.46 bits per heavy atom. The number of nitrogens with zero attached hydrogens (tertiary/aromatic N) is 1. The average molecular weight is 185 g/mol. The third-order valence-electron chi connectivity index (χ3n) is 2.83. The highest BCUT2D eigenvalue weighted by Gasteiger charge is 2.35. The maximum absolute atomic E-state index is 10.7. The first-order valence-electron chi connectivity index (χ1n) is 5.14. The Bertz CT molecular complexity index is 174. The normalized spacial score (nSPS) is 19.0. The summed E-state index contributed by atoms with van der Waals surface area (Å²) in [6.45, 7) is 6.12. The summed E-state index contributed by atoms with van der Waals surface area (Å²) in [5.74, 6) is -0.0141. The summed E-state index contributed by atoms with van der Waals surface area (Å²) in [4.78, 5) is 12.9. The summed E-state index contributed by atoms with van der Waals surface area (Å²) in [5, 5.41) is 8.77. The van der Waals surface area contributed by atoms with Gasteiger partial charge in [-0.15, -0.1) is 0 Å². The van der Waals surface area contributed by atoms with Crippen LogP contribution in [0.5, 0.6) is 0 Å². The molecule has 0 aromatic carbocycles. The molecule has 0 aromatic rings. The number of aliphatic carboxylic acids is 1. The zero-order valence-corrected chi connectivity index (χ0v) is 8.49. The molecular weight excluding hydrogens is 166 g/mol. The Labute approximate surface area is 79.7 Å². The quantitative estimate of drug-likeness (QED) is 0.683. The minimum absolute atomic E-state index is 0.285. The van der Waals surface area contributed by atoms with E-state index in [0.717, 1.165) is 13.1 Å². The summed E-state index contributed by atoms with van der Waals surface area (Å²) >= 11 is 0. The monoisotopic (exact) mass is 185 g/mol. The Morgan fingerprint density at radius 2 is 2.00 bits per heavy atom.